The van der Waals surface area contributed by atoms with E-state index in [4.69, 9.17) is 16.5 Å². The van der Waals surface area contributed by atoms with Crippen molar-refractivity contribution in [1.82, 2.24) is 4.42 Å². The Morgan fingerprint density at radius 3 is 2.20 bits per heavy atom. The molecule has 0 aromatic carbocycles. The Morgan fingerprint density at radius 2 is 1.80 bits per heavy atom. The van der Waals surface area contributed by atoms with Crippen LogP contribution in [0.5, 0.6) is 0 Å². The van der Waals surface area contributed by atoms with Crippen molar-refractivity contribution >= 4 is 11.8 Å². The van der Waals surface area contributed by atoms with E-state index in [-0.39, 0.29) is 0 Å². The Morgan fingerprint density at radius 1 is 1.20 bits per heavy atom. The van der Waals surface area contributed by atoms with Gasteiger partial charge in [-0.2, -0.15) is 0 Å². The van der Waals surface area contributed by atoms with E-state index in [0.29, 0.717) is 5.41 Å². The molecule has 0 saturated carbocycles. The van der Waals surface area contributed by atoms with Gasteiger partial charge in [0, 0.05) is 18.5 Å². The van der Waals surface area contributed by atoms with E-state index >= 15 is 0 Å². The molecule has 0 unspecified atom stereocenters. The predicted octanol–water partition coefficient (Wildman–Crippen LogP) is 1.25. The zero-order chi connectivity index (χ0) is 7.03. The first-order chi connectivity index (χ1) is 4.81. The normalized spacial score (nSPS) is 32.1. The molecule has 2 heterocycles. The zero-order valence-electron chi connectivity index (χ0n) is 5.98. The summed E-state index contributed by atoms with van der Waals surface area (Å²) in [5, 5.41) is 0. The second kappa shape index (κ2) is 2.36. The summed E-state index contributed by atoms with van der Waals surface area (Å²) in [6.07, 6.45) is 2.44. The SMILES string of the molecule is ClN1CCC2(CC1)COC2. The average Bonchev–Trinajstić information content (AvgIpc) is 1.86. The van der Waals surface area contributed by atoms with Crippen LogP contribution < -0.4 is 0 Å². The van der Waals surface area contributed by atoms with Gasteiger partial charge in [-0.05, 0) is 24.6 Å². The van der Waals surface area contributed by atoms with E-state index in [1.54, 1.807) is 0 Å². The van der Waals surface area contributed by atoms with E-state index in [0.717, 1.165) is 26.3 Å². The van der Waals surface area contributed by atoms with Crippen LogP contribution in [0.25, 0.3) is 0 Å². The quantitative estimate of drug-likeness (QED) is 0.496. The Bertz CT molecular complexity index is 126. The summed E-state index contributed by atoms with van der Waals surface area (Å²) in [5.74, 6) is 0. The Labute approximate surface area is 66.2 Å². The van der Waals surface area contributed by atoms with Crippen LogP contribution in [0.2, 0.25) is 0 Å². The van der Waals surface area contributed by atoms with Crippen molar-refractivity contribution in [2.75, 3.05) is 26.3 Å². The number of hydrogen-bond acceptors (Lipinski definition) is 2. The van der Waals surface area contributed by atoms with Gasteiger partial charge in [-0.25, -0.2) is 4.42 Å². The maximum Gasteiger partial charge on any atom is 0.0545 e. The lowest BCUT2D eigenvalue weighted by molar-refractivity contribution is -0.133. The molecule has 2 rings (SSSR count). The number of nitrogens with zero attached hydrogens (tertiary/aromatic N) is 1. The zero-order valence-corrected chi connectivity index (χ0v) is 6.73. The Hall–Kier alpha value is 0.210. The maximum atomic E-state index is 5.82. The lowest BCUT2D eigenvalue weighted by atomic mass is 9.77. The number of rotatable bonds is 0. The first-order valence-corrected chi connectivity index (χ1v) is 4.13. The molecule has 58 valence electrons. The van der Waals surface area contributed by atoms with Crippen LogP contribution >= 0.6 is 11.8 Å². The van der Waals surface area contributed by atoms with Crippen LogP contribution in [-0.2, 0) is 4.74 Å². The first-order valence-electron chi connectivity index (χ1n) is 3.79. The number of piperidine rings is 1. The van der Waals surface area contributed by atoms with Crippen molar-refractivity contribution in [3.8, 4) is 0 Å². The van der Waals surface area contributed by atoms with Crippen molar-refractivity contribution in [1.29, 1.82) is 0 Å². The van der Waals surface area contributed by atoms with Crippen molar-refractivity contribution < 1.29 is 4.74 Å². The minimum absolute atomic E-state index is 0.533. The maximum absolute atomic E-state index is 5.82. The van der Waals surface area contributed by atoms with E-state index in [2.05, 4.69) is 0 Å². The third kappa shape index (κ3) is 1.04. The molecule has 0 radical (unpaired) electrons. The molecule has 2 nitrogen and oxygen atoms in total. The molecule has 0 amide bonds. The average molecular weight is 162 g/mol. The molecule has 0 aromatic heterocycles. The molecule has 0 atom stereocenters. The molecule has 0 N–H and O–H groups in total. The lowest BCUT2D eigenvalue weighted by Gasteiger charge is -2.45. The molecule has 2 fully saturated rings. The van der Waals surface area contributed by atoms with Crippen LogP contribution in [0.15, 0.2) is 0 Å². The van der Waals surface area contributed by atoms with Gasteiger partial charge in [0.1, 0.15) is 0 Å². The van der Waals surface area contributed by atoms with Crippen LogP contribution in [-0.4, -0.2) is 30.7 Å². The summed E-state index contributed by atoms with van der Waals surface area (Å²) in [5.41, 5.74) is 0.533. The van der Waals surface area contributed by atoms with Gasteiger partial charge in [0.25, 0.3) is 0 Å². The van der Waals surface area contributed by atoms with Gasteiger partial charge in [-0.3, -0.25) is 0 Å². The van der Waals surface area contributed by atoms with Crippen molar-refractivity contribution in [3.05, 3.63) is 0 Å². The minimum atomic E-state index is 0.533. The van der Waals surface area contributed by atoms with Gasteiger partial charge in [-0.15, -0.1) is 0 Å². The Kier molecular flexibility index (Phi) is 1.63. The topological polar surface area (TPSA) is 12.5 Å². The number of hydrogen-bond donors (Lipinski definition) is 0. The Balaban J connectivity index is 1.90. The molecule has 2 saturated heterocycles. The molecule has 0 aliphatic carbocycles. The van der Waals surface area contributed by atoms with Crippen LogP contribution in [0, 0.1) is 5.41 Å². The fraction of sp³-hybridized carbons (Fsp3) is 1.00. The second-order valence-corrected chi connectivity index (χ2v) is 3.88. The molecule has 2 aliphatic heterocycles. The van der Waals surface area contributed by atoms with Crippen LogP contribution in [0.3, 0.4) is 0 Å². The largest absolute Gasteiger partial charge is 0.380 e. The standard InChI is InChI=1S/C7H12ClNO/c8-9-3-1-7(2-4-9)5-10-6-7/h1-6H2. The number of halogens is 1. The molecule has 1 spiro atoms. The summed E-state index contributed by atoms with van der Waals surface area (Å²) in [4.78, 5) is 0. The van der Waals surface area contributed by atoms with Crippen LogP contribution in [0.4, 0.5) is 0 Å². The van der Waals surface area contributed by atoms with Gasteiger partial charge in [0.2, 0.25) is 0 Å². The molecule has 0 aromatic rings. The molecule has 10 heavy (non-hydrogen) atoms. The van der Waals surface area contributed by atoms with E-state index < -0.39 is 0 Å². The molecule has 2 aliphatic rings. The first kappa shape index (κ1) is 6.89. The third-order valence-corrected chi connectivity index (χ3v) is 2.92. The minimum Gasteiger partial charge on any atom is -0.380 e. The van der Waals surface area contributed by atoms with Gasteiger partial charge >= 0.3 is 0 Å². The van der Waals surface area contributed by atoms with Gasteiger partial charge in [0.05, 0.1) is 13.2 Å². The highest BCUT2D eigenvalue weighted by Crippen LogP contribution is 2.38. The van der Waals surface area contributed by atoms with E-state index in [1.165, 1.54) is 12.8 Å². The summed E-state index contributed by atoms with van der Waals surface area (Å²) in [6.45, 7) is 4.01. The highest BCUT2D eigenvalue weighted by Gasteiger charge is 2.40. The van der Waals surface area contributed by atoms with Crippen LogP contribution in [0.1, 0.15) is 12.8 Å². The molecule has 3 heteroatoms. The highest BCUT2D eigenvalue weighted by molar-refractivity contribution is 6.13. The summed E-state index contributed by atoms with van der Waals surface area (Å²) in [6, 6.07) is 0. The van der Waals surface area contributed by atoms with Crippen molar-refractivity contribution in [3.63, 3.8) is 0 Å². The summed E-state index contributed by atoms with van der Waals surface area (Å²) in [7, 11) is 0. The van der Waals surface area contributed by atoms with E-state index in [1.807, 2.05) is 4.42 Å². The van der Waals surface area contributed by atoms with Gasteiger partial charge in [0.15, 0.2) is 0 Å². The van der Waals surface area contributed by atoms with Crippen molar-refractivity contribution in [2.45, 2.75) is 12.8 Å². The van der Waals surface area contributed by atoms with Gasteiger partial charge in [-0.1, -0.05) is 0 Å². The van der Waals surface area contributed by atoms with Crippen molar-refractivity contribution in [2.24, 2.45) is 5.41 Å². The molecular formula is C7H12ClNO. The molecule has 0 bridgehead atoms. The number of ether oxygens (including phenoxy) is 1. The fourth-order valence-electron chi connectivity index (χ4n) is 1.63. The predicted molar refractivity (Wildman–Crippen MR) is 39.9 cm³/mol. The van der Waals surface area contributed by atoms with E-state index in [9.17, 15) is 0 Å². The monoisotopic (exact) mass is 161 g/mol. The third-order valence-electron chi connectivity index (χ3n) is 2.59. The molecular weight excluding hydrogens is 150 g/mol. The van der Waals surface area contributed by atoms with Gasteiger partial charge < -0.3 is 4.74 Å². The lowest BCUT2D eigenvalue weighted by Crippen LogP contribution is -2.48. The summed E-state index contributed by atoms with van der Waals surface area (Å²) >= 11 is 5.82. The highest BCUT2D eigenvalue weighted by atomic mass is 35.5. The fourth-order valence-corrected chi connectivity index (χ4v) is 1.80. The smallest absolute Gasteiger partial charge is 0.0545 e. The summed E-state index contributed by atoms with van der Waals surface area (Å²) < 4.78 is 7.07. The second-order valence-electron chi connectivity index (χ2n) is 3.40.